The summed E-state index contributed by atoms with van der Waals surface area (Å²) in [6, 6.07) is 17.2. The fraction of sp³-hybridized carbons (Fsp3) is 0.455. The largest absolute Gasteiger partial charge is 0.492 e. The molecule has 0 radical (unpaired) electrons. The van der Waals surface area contributed by atoms with Crippen LogP contribution in [-0.2, 0) is 6.61 Å². The van der Waals surface area contributed by atoms with Crippen molar-refractivity contribution in [3.63, 3.8) is 0 Å². The van der Waals surface area contributed by atoms with Crippen LogP contribution in [0.1, 0.15) is 43.2 Å². The minimum absolute atomic E-state index is 0.519. The van der Waals surface area contributed by atoms with Crippen LogP contribution >= 0.6 is 0 Å². The molecule has 0 unspecified atom stereocenters. The zero-order chi connectivity index (χ0) is 17.1. The van der Waals surface area contributed by atoms with Gasteiger partial charge in [0.05, 0.1) is 6.04 Å². The maximum atomic E-state index is 6.09. The van der Waals surface area contributed by atoms with Crippen LogP contribution in [0.4, 0.5) is 0 Å². The van der Waals surface area contributed by atoms with Gasteiger partial charge in [-0.15, -0.1) is 0 Å². The fourth-order valence-electron chi connectivity index (χ4n) is 4.23. The number of piperidine rings is 1. The maximum Gasteiger partial charge on any atom is 0.123 e. The summed E-state index contributed by atoms with van der Waals surface area (Å²) >= 11 is 0. The molecule has 132 valence electrons. The number of fused-ring (bicyclic) bond motifs is 3. The molecule has 3 nitrogen and oxygen atoms in total. The molecule has 2 heterocycles. The van der Waals surface area contributed by atoms with E-state index in [2.05, 4.69) is 36.1 Å². The van der Waals surface area contributed by atoms with Gasteiger partial charge in [0, 0.05) is 11.5 Å². The quantitative estimate of drug-likeness (QED) is 0.795. The zero-order valence-corrected chi connectivity index (χ0v) is 15.0. The van der Waals surface area contributed by atoms with E-state index in [-0.39, 0.29) is 0 Å². The van der Waals surface area contributed by atoms with Crippen molar-refractivity contribution >= 4 is 0 Å². The molecule has 2 aromatic rings. The third-order valence-corrected chi connectivity index (χ3v) is 5.44. The highest BCUT2D eigenvalue weighted by Crippen LogP contribution is 2.42. The summed E-state index contributed by atoms with van der Waals surface area (Å²) in [5.74, 6) is 2.57. The van der Waals surface area contributed by atoms with Crippen LogP contribution in [0.3, 0.4) is 0 Å². The summed E-state index contributed by atoms with van der Waals surface area (Å²) in [6.45, 7) is 6.07. The van der Waals surface area contributed by atoms with Gasteiger partial charge in [-0.25, -0.2) is 0 Å². The van der Waals surface area contributed by atoms with Crippen molar-refractivity contribution in [2.75, 3.05) is 19.7 Å². The molecule has 1 saturated heterocycles. The van der Waals surface area contributed by atoms with Crippen molar-refractivity contribution in [1.82, 2.24) is 4.90 Å². The molecule has 25 heavy (non-hydrogen) atoms. The Hall–Kier alpha value is -2.00. The van der Waals surface area contributed by atoms with Gasteiger partial charge in [-0.05, 0) is 56.1 Å². The minimum Gasteiger partial charge on any atom is -0.492 e. The van der Waals surface area contributed by atoms with Crippen molar-refractivity contribution in [1.29, 1.82) is 0 Å². The first-order valence-electron chi connectivity index (χ1n) is 9.52. The van der Waals surface area contributed by atoms with Gasteiger partial charge < -0.3 is 9.47 Å². The predicted molar refractivity (Wildman–Crippen MR) is 100 cm³/mol. The van der Waals surface area contributed by atoms with Gasteiger partial charge in [0.25, 0.3) is 0 Å². The molecule has 0 N–H and O–H groups in total. The first-order valence-corrected chi connectivity index (χ1v) is 9.52. The Morgan fingerprint density at radius 3 is 2.88 bits per heavy atom. The van der Waals surface area contributed by atoms with Crippen LogP contribution in [0.5, 0.6) is 11.5 Å². The second-order valence-corrected chi connectivity index (χ2v) is 7.14. The highest BCUT2D eigenvalue weighted by atomic mass is 16.5. The van der Waals surface area contributed by atoms with Crippen LogP contribution in [-0.4, -0.2) is 30.6 Å². The van der Waals surface area contributed by atoms with E-state index in [1.54, 1.807) is 0 Å². The van der Waals surface area contributed by atoms with Gasteiger partial charge in [0.2, 0.25) is 0 Å². The SMILES string of the molecule is CCCN1CCC[C@@H]2c3cc(OCc4ccccc4)ccc3OC[C@H]21. The fourth-order valence-corrected chi connectivity index (χ4v) is 4.23. The first kappa shape index (κ1) is 16.5. The average Bonchev–Trinajstić information content (AvgIpc) is 2.67. The molecule has 0 saturated carbocycles. The van der Waals surface area contributed by atoms with E-state index in [4.69, 9.17) is 9.47 Å². The lowest BCUT2D eigenvalue weighted by atomic mass is 9.81. The number of hydrogen-bond donors (Lipinski definition) is 0. The number of benzene rings is 2. The van der Waals surface area contributed by atoms with Crippen molar-refractivity contribution in [3.05, 3.63) is 59.7 Å². The van der Waals surface area contributed by atoms with Gasteiger partial charge in [-0.1, -0.05) is 37.3 Å². The number of nitrogens with zero attached hydrogens (tertiary/aromatic N) is 1. The highest BCUT2D eigenvalue weighted by Gasteiger charge is 2.37. The molecule has 4 rings (SSSR count). The molecular weight excluding hydrogens is 310 g/mol. The molecule has 0 aliphatic carbocycles. The van der Waals surface area contributed by atoms with E-state index in [1.807, 2.05) is 24.3 Å². The summed E-state index contributed by atoms with van der Waals surface area (Å²) < 4.78 is 12.1. The van der Waals surface area contributed by atoms with Crippen LogP contribution in [0.2, 0.25) is 0 Å². The zero-order valence-electron chi connectivity index (χ0n) is 15.0. The van der Waals surface area contributed by atoms with Crippen molar-refractivity contribution in [3.8, 4) is 11.5 Å². The third kappa shape index (κ3) is 3.52. The van der Waals surface area contributed by atoms with Gasteiger partial charge in [0.1, 0.15) is 24.7 Å². The molecule has 3 heteroatoms. The second kappa shape index (κ2) is 7.49. The summed E-state index contributed by atoms with van der Waals surface area (Å²) in [4.78, 5) is 2.62. The Kier molecular flexibility index (Phi) is 4.93. The van der Waals surface area contributed by atoms with Crippen molar-refractivity contribution in [2.24, 2.45) is 0 Å². The highest BCUT2D eigenvalue weighted by molar-refractivity contribution is 5.45. The number of likely N-dealkylation sites (tertiary alicyclic amines) is 1. The summed E-state index contributed by atoms with van der Waals surface area (Å²) in [6.07, 6.45) is 3.73. The van der Waals surface area contributed by atoms with Crippen LogP contribution in [0.25, 0.3) is 0 Å². The maximum absolute atomic E-state index is 6.09. The Morgan fingerprint density at radius 1 is 1.16 bits per heavy atom. The molecular formula is C22H27NO2. The predicted octanol–water partition coefficient (Wildman–Crippen LogP) is 4.62. The second-order valence-electron chi connectivity index (χ2n) is 7.14. The number of ether oxygens (including phenoxy) is 2. The first-order chi connectivity index (χ1) is 12.3. The van der Waals surface area contributed by atoms with Gasteiger partial charge in [-0.3, -0.25) is 4.90 Å². The summed E-state index contributed by atoms with van der Waals surface area (Å²) in [7, 11) is 0. The third-order valence-electron chi connectivity index (χ3n) is 5.44. The topological polar surface area (TPSA) is 21.7 Å². The van der Waals surface area contributed by atoms with E-state index in [1.165, 1.54) is 43.5 Å². The van der Waals surface area contributed by atoms with E-state index < -0.39 is 0 Å². The van der Waals surface area contributed by atoms with E-state index in [0.717, 1.165) is 18.1 Å². The standard InChI is InChI=1S/C22H27NO2/c1-2-12-23-13-6-9-19-20-14-18(10-11-22(20)25-16-21(19)23)24-15-17-7-4-3-5-8-17/h3-5,7-8,10-11,14,19,21H,2,6,9,12-13,15-16H2,1H3/t19-,21-/m1/s1. The lowest BCUT2D eigenvalue weighted by Gasteiger charge is -2.44. The lowest BCUT2D eigenvalue weighted by molar-refractivity contribution is 0.0657. The molecule has 0 aromatic heterocycles. The van der Waals surface area contributed by atoms with Crippen LogP contribution < -0.4 is 9.47 Å². The van der Waals surface area contributed by atoms with Crippen molar-refractivity contribution in [2.45, 2.75) is 44.8 Å². The summed E-state index contributed by atoms with van der Waals surface area (Å²) in [5.41, 5.74) is 2.53. The molecule has 1 fully saturated rings. The summed E-state index contributed by atoms with van der Waals surface area (Å²) in [5, 5.41) is 0. The molecule has 2 atom stereocenters. The smallest absolute Gasteiger partial charge is 0.123 e. The Balaban J connectivity index is 1.52. The molecule has 2 aromatic carbocycles. The number of rotatable bonds is 5. The van der Waals surface area contributed by atoms with Crippen LogP contribution in [0.15, 0.2) is 48.5 Å². The number of hydrogen-bond acceptors (Lipinski definition) is 3. The lowest BCUT2D eigenvalue weighted by Crippen LogP contribution is -2.49. The van der Waals surface area contributed by atoms with Gasteiger partial charge in [-0.2, -0.15) is 0 Å². The van der Waals surface area contributed by atoms with Gasteiger partial charge >= 0.3 is 0 Å². The Bertz CT molecular complexity index is 698. The molecule has 0 bridgehead atoms. The van der Waals surface area contributed by atoms with E-state index in [9.17, 15) is 0 Å². The Morgan fingerprint density at radius 2 is 2.04 bits per heavy atom. The molecule has 2 aliphatic heterocycles. The van der Waals surface area contributed by atoms with E-state index >= 15 is 0 Å². The van der Waals surface area contributed by atoms with Gasteiger partial charge in [0.15, 0.2) is 0 Å². The van der Waals surface area contributed by atoms with E-state index in [0.29, 0.717) is 18.6 Å². The average molecular weight is 337 g/mol. The molecule has 0 amide bonds. The minimum atomic E-state index is 0.519. The van der Waals surface area contributed by atoms with Crippen molar-refractivity contribution < 1.29 is 9.47 Å². The normalized spacial score (nSPS) is 22.6. The van der Waals surface area contributed by atoms with Crippen LogP contribution in [0, 0.1) is 0 Å². The molecule has 2 aliphatic rings. The monoisotopic (exact) mass is 337 g/mol. The Labute approximate surface area is 150 Å². The molecule has 0 spiro atoms.